The van der Waals surface area contributed by atoms with E-state index in [-0.39, 0.29) is 0 Å². The second-order valence-corrected chi connectivity index (χ2v) is 2.57. The third-order valence-corrected chi connectivity index (χ3v) is 1.26. The first-order chi connectivity index (χ1) is 5.72. The Kier molecular flexibility index (Phi) is 4.29. The Morgan fingerprint density at radius 1 is 1.23 bits per heavy atom. The van der Waals surface area contributed by atoms with Crippen LogP contribution in [0.3, 0.4) is 0 Å². The van der Waals surface area contributed by atoms with Gasteiger partial charge in [0.15, 0.2) is 6.17 Å². The molecule has 0 aromatic heterocycles. The first-order valence-electron chi connectivity index (χ1n) is 3.41. The average molecular weight is 206 g/mol. The lowest BCUT2D eigenvalue weighted by atomic mass is 10.1. The molecule has 2 atom stereocenters. The molecule has 0 rings (SSSR count). The molecule has 0 spiro atoms. The van der Waals surface area contributed by atoms with Crippen molar-refractivity contribution in [3.05, 3.63) is 12.4 Å². The van der Waals surface area contributed by atoms with Gasteiger partial charge in [0.2, 0.25) is 0 Å². The van der Waals surface area contributed by atoms with Crippen LogP contribution in [-0.4, -0.2) is 18.5 Å². The number of rotatable bonds is 4. The molecule has 0 saturated heterocycles. The first kappa shape index (κ1) is 12.3. The van der Waals surface area contributed by atoms with Gasteiger partial charge in [-0.05, 0) is 0 Å². The zero-order chi connectivity index (χ0) is 10.6. The Bertz CT molecular complexity index is 172. The summed E-state index contributed by atoms with van der Waals surface area (Å²) in [6.45, 7) is 2.51. The fourth-order valence-corrected chi connectivity index (χ4v) is 0.687. The molecule has 0 aliphatic heterocycles. The molecule has 0 bridgehead atoms. The van der Waals surface area contributed by atoms with Crippen molar-refractivity contribution in [2.45, 2.75) is 31.4 Å². The second kappa shape index (κ2) is 4.53. The summed E-state index contributed by atoms with van der Waals surface area (Å²) in [6.07, 6.45) is -12.4. The van der Waals surface area contributed by atoms with Crippen LogP contribution in [-0.2, 0) is 0 Å². The molecule has 0 saturated carbocycles. The molecule has 78 valence electrons. The van der Waals surface area contributed by atoms with Gasteiger partial charge in [-0.2, -0.15) is 13.2 Å². The second-order valence-electron chi connectivity index (χ2n) is 2.57. The van der Waals surface area contributed by atoms with Crippen molar-refractivity contribution < 1.29 is 26.3 Å². The van der Waals surface area contributed by atoms with E-state index in [9.17, 15) is 26.3 Å². The zero-order valence-electron chi connectivity index (χ0n) is 6.54. The molecule has 0 radical (unpaired) electrons. The smallest absolute Gasteiger partial charge is 0.247 e. The van der Waals surface area contributed by atoms with Gasteiger partial charge in [0.05, 0.1) is 6.42 Å². The third-order valence-electron chi connectivity index (χ3n) is 1.26. The summed E-state index contributed by atoms with van der Waals surface area (Å²) in [6, 6.07) is 0. The molecule has 0 heterocycles. The van der Waals surface area contributed by atoms with Crippen LogP contribution in [0.4, 0.5) is 26.3 Å². The van der Waals surface area contributed by atoms with Crippen molar-refractivity contribution in [3.63, 3.8) is 0 Å². The van der Waals surface area contributed by atoms with Gasteiger partial charge < -0.3 is 0 Å². The molecule has 13 heavy (non-hydrogen) atoms. The Labute approximate surface area is 71.2 Å². The maximum Gasteiger partial charge on any atom is 0.391 e. The van der Waals surface area contributed by atoms with Gasteiger partial charge in [0.25, 0.3) is 0 Å². The molecular formula is C7H8F6. The summed E-state index contributed by atoms with van der Waals surface area (Å²) in [5.41, 5.74) is 0. The molecule has 2 unspecified atom stereocenters. The highest BCUT2D eigenvalue weighted by Crippen LogP contribution is 2.26. The van der Waals surface area contributed by atoms with Gasteiger partial charge in [-0.1, -0.05) is 6.58 Å². The van der Waals surface area contributed by atoms with E-state index in [4.69, 9.17) is 0 Å². The van der Waals surface area contributed by atoms with Gasteiger partial charge in [-0.3, -0.25) is 0 Å². The number of halogens is 6. The van der Waals surface area contributed by atoms with E-state index in [0.29, 0.717) is 0 Å². The van der Waals surface area contributed by atoms with Crippen LogP contribution in [0.1, 0.15) is 12.8 Å². The molecule has 6 heteroatoms. The van der Waals surface area contributed by atoms with Crippen LogP contribution >= 0.6 is 0 Å². The summed E-state index contributed by atoms with van der Waals surface area (Å²) < 4.78 is 70.9. The molecule has 0 aromatic carbocycles. The van der Waals surface area contributed by atoms with Crippen LogP contribution in [0.25, 0.3) is 0 Å². The highest BCUT2D eigenvalue weighted by Gasteiger charge is 2.33. The molecule has 0 aromatic rings. The SMILES string of the molecule is C=C(F)C(F)CC(F)CC(F)(F)F. The van der Waals surface area contributed by atoms with Crippen molar-refractivity contribution in [2.75, 3.05) is 0 Å². The van der Waals surface area contributed by atoms with E-state index in [0.717, 1.165) is 0 Å². The predicted octanol–water partition coefficient (Wildman–Crippen LogP) is 3.49. The number of hydrogen-bond donors (Lipinski definition) is 0. The summed E-state index contributed by atoms with van der Waals surface area (Å²) in [5.74, 6) is -1.45. The minimum atomic E-state index is -4.70. The third kappa shape index (κ3) is 6.48. The van der Waals surface area contributed by atoms with E-state index in [2.05, 4.69) is 6.58 Å². The maximum atomic E-state index is 12.3. The van der Waals surface area contributed by atoms with Crippen molar-refractivity contribution in [2.24, 2.45) is 0 Å². The molecule has 0 fully saturated rings. The molecule has 0 aliphatic carbocycles. The number of alkyl halides is 5. The number of hydrogen-bond acceptors (Lipinski definition) is 0. The predicted molar refractivity (Wildman–Crippen MR) is 35.3 cm³/mol. The summed E-state index contributed by atoms with van der Waals surface area (Å²) in [5, 5.41) is 0. The Hall–Kier alpha value is -0.680. The van der Waals surface area contributed by atoms with Gasteiger partial charge in [0, 0.05) is 6.42 Å². The van der Waals surface area contributed by atoms with Gasteiger partial charge in [-0.15, -0.1) is 0 Å². The highest BCUT2D eigenvalue weighted by atomic mass is 19.4. The normalized spacial score (nSPS) is 16.8. The summed E-state index contributed by atoms with van der Waals surface area (Å²) >= 11 is 0. The first-order valence-corrected chi connectivity index (χ1v) is 3.41. The molecule has 0 aliphatic rings. The van der Waals surface area contributed by atoms with E-state index in [1.807, 2.05) is 0 Å². The highest BCUT2D eigenvalue weighted by molar-refractivity contribution is 4.91. The molecule has 0 nitrogen and oxygen atoms in total. The van der Waals surface area contributed by atoms with Crippen molar-refractivity contribution in [3.8, 4) is 0 Å². The molecular weight excluding hydrogens is 198 g/mol. The monoisotopic (exact) mass is 206 g/mol. The Balaban J connectivity index is 3.88. The van der Waals surface area contributed by atoms with Crippen LogP contribution in [0, 0.1) is 0 Å². The van der Waals surface area contributed by atoms with Gasteiger partial charge in [-0.25, -0.2) is 13.2 Å². The van der Waals surface area contributed by atoms with Crippen molar-refractivity contribution in [1.29, 1.82) is 0 Å². The van der Waals surface area contributed by atoms with Crippen LogP contribution in [0.2, 0.25) is 0 Å². The lowest BCUT2D eigenvalue weighted by Crippen LogP contribution is -2.19. The van der Waals surface area contributed by atoms with E-state index >= 15 is 0 Å². The average Bonchev–Trinajstić information content (AvgIpc) is 1.81. The standard InChI is InChI=1S/C7H8F6/c1-4(8)6(10)2-5(9)3-7(11,12)13/h5-6H,1-3H2. The van der Waals surface area contributed by atoms with Gasteiger partial charge in [0.1, 0.15) is 12.0 Å². The lowest BCUT2D eigenvalue weighted by molar-refractivity contribution is -0.147. The number of allylic oxidation sites excluding steroid dienone is 1. The zero-order valence-corrected chi connectivity index (χ0v) is 6.54. The quantitative estimate of drug-likeness (QED) is 0.617. The summed E-state index contributed by atoms with van der Waals surface area (Å²) in [4.78, 5) is 0. The molecule has 0 amide bonds. The van der Waals surface area contributed by atoms with Crippen molar-refractivity contribution >= 4 is 0 Å². The van der Waals surface area contributed by atoms with E-state index in [1.54, 1.807) is 0 Å². The van der Waals surface area contributed by atoms with Crippen molar-refractivity contribution in [1.82, 2.24) is 0 Å². The fraction of sp³-hybridized carbons (Fsp3) is 0.714. The van der Waals surface area contributed by atoms with Crippen LogP contribution < -0.4 is 0 Å². The topological polar surface area (TPSA) is 0 Å². The largest absolute Gasteiger partial charge is 0.391 e. The van der Waals surface area contributed by atoms with E-state index in [1.165, 1.54) is 0 Å². The minimum absolute atomic E-state index is 1.14. The molecule has 0 N–H and O–H groups in total. The Morgan fingerprint density at radius 3 is 2.00 bits per heavy atom. The van der Waals surface area contributed by atoms with E-state index < -0.39 is 37.2 Å². The lowest BCUT2D eigenvalue weighted by Gasteiger charge is -2.12. The Morgan fingerprint density at radius 2 is 1.69 bits per heavy atom. The summed E-state index contributed by atoms with van der Waals surface area (Å²) in [7, 11) is 0. The van der Waals surface area contributed by atoms with Crippen LogP contribution in [0.15, 0.2) is 12.4 Å². The van der Waals surface area contributed by atoms with Crippen LogP contribution in [0.5, 0.6) is 0 Å². The minimum Gasteiger partial charge on any atom is -0.247 e. The fourth-order valence-electron chi connectivity index (χ4n) is 0.687. The van der Waals surface area contributed by atoms with Gasteiger partial charge >= 0.3 is 6.18 Å². The maximum absolute atomic E-state index is 12.3.